The molecular weight excluding hydrogens is 368 g/mol. The van der Waals surface area contributed by atoms with Crippen molar-refractivity contribution in [1.29, 1.82) is 0 Å². The van der Waals surface area contributed by atoms with Gasteiger partial charge in [-0.05, 0) is 56.7 Å². The normalized spacial score (nSPS) is 14.7. The lowest BCUT2D eigenvalue weighted by Crippen LogP contribution is -2.27. The summed E-state index contributed by atoms with van der Waals surface area (Å²) in [6, 6.07) is 11.9. The lowest BCUT2D eigenvalue weighted by Gasteiger charge is -2.19. The van der Waals surface area contributed by atoms with E-state index in [-0.39, 0.29) is 18.1 Å². The Morgan fingerprint density at radius 1 is 1.19 bits per heavy atom. The van der Waals surface area contributed by atoms with E-state index >= 15 is 0 Å². The van der Waals surface area contributed by atoms with Gasteiger partial charge < -0.3 is 14.2 Å². The highest BCUT2D eigenvalue weighted by Gasteiger charge is 2.28. The van der Waals surface area contributed by atoms with E-state index in [0.717, 1.165) is 5.56 Å². The van der Waals surface area contributed by atoms with Crippen LogP contribution in [-0.4, -0.2) is 24.0 Å². The van der Waals surface area contributed by atoms with Crippen molar-refractivity contribution in [1.82, 2.24) is 0 Å². The van der Waals surface area contributed by atoms with E-state index in [2.05, 4.69) is 0 Å². The fourth-order valence-corrected chi connectivity index (χ4v) is 2.72. The third-order valence-corrected chi connectivity index (χ3v) is 3.80. The quantitative estimate of drug-likeness (QED) is 0.564. The summed E-state index contributed by atoms with van der Waals surface area (Å²) < 4.78 is 16.3. The molecule has 0 N–H and O–H groups in total. The molecule has 0 aliphatic carbocycles. The first kappa shape index (κ1) is 19.0. The van der Waals surface area contributed by atoms with Crippen molar-refractivity contribution in [3.8, 4) is 11.5 Å². The molecule has 0 aromatic heterocycles. The molecule has 3 rings (SSSR count). The summed E-state index contributed by atoms with van der Waals surface area (Å²) in [5.74, 6) is 0.313. The van der Waals surface area contributed by atoms with Crippen LogP contribution in [0.2, 0.25) is 5.02 Å². The first-order valence-electron chi connectivity index (χ1n) is 8.40. The molecule has 1 heterocycles. The van der Waals surface area contributed by atoms with Crippen LogP contribution in [0.5, 0.6) is 11.5 Å². The van der Waals surface area contributed by atoms with Gasteiger partial charge in [0, 0.05) is 11.1 Å². The third-order valence-electron chi connectivity index (χ3n) is 3.56. The Labute approximate surface area is 162 Å². The number of benzene rings is 2. The molecule has 27 heavy (non-hydrogen) atoms. The molecule has 140 valence electrons. The van der Waals surface area contributed by atoms with E-state index in [4.69, 9.17) is 25.8 Å². The van der Waals surface area contributed by atoms with Gasteiger partial charge in [-0.25, -0.2) is 4.79 Å². The van der Waals surface area contributed by atoms with Crippen molar-refractivity contribution >= 4 is 29.4 Å². The van der Waals surface area contributed by atoms with Crippen LogP contribution in [0, 0.1) is 0 Å². The first-order chi connectivity index (χ1) is 12.7. The number of carbonyl (C=O) groups excluding carboxylic acids is 2. The van der Waals surface area contributed by atoms with Crippen molar-refractivity contribution < 1.29 is 23.8 Å². The van der Waals surface area contributed by atoms with Crippen LogP contribution in [0.3, 0.4) is 0 Å². The van der Waals surface area contributed by atoms with Crippen molar-refractivity contribution in [3.63, 3.8) is 0 Å². The minimum Gasteiger partial charge on any atom is -0.482 e. The van der Waals surface area contributed by atoms with Gasteiger partial charge in [-0.3, -0.25) is 4.79 Å². The predicted molar refractivity (Wildman–Crippen MR) is 102 cm³/mol. The summed E-state index contributed by atoms with van der Waals surface area (Å²) in [6.45, 7) is 5.13. The molecule has 0 saturated carbocycles. The number of hydrogen-bond acceptors (Lipinski definition) is 5. The number of Topliss-reactive ketones (excluding diaryl/α,β-unsaturated/α-hetero) is 1. The maximum Gasteiger partial charge on any atom is 0.344 e. The van der Waals surface area contributed by atoms with Gasteiger partial charge in [-0.2, -0.15) is 0 Å². The molecule has 0 radical (unpaired) electrons. The lowest BCUT2D eigenvalue weighted by atomic mass is 10.1. The average molecular weight is 387 g/mol. The minimum atomic E-state index is -0.575. The van der Waals surface area contributed by atoms with E-state index < -0.39 is 11.6 Å². The maximum absolute atomic E-state index is 12.5. The van der Waals surface area contributed by atoms with Crippen LogP contribution in [0.4, 0.5) is 0 Å². The molecule has 1 aliphatic rings. The summed E-state index contributed by atoms with van der Waals surface area (Å²) in [7, 11) is 0. The number of ether oxygens (including phenoxy) is 3. The van der Waals surface area contributed by atoms with E-state index in [0.29, 0.717) is 22.1 Å². The van der Waals surface area contributed by atoms with Gasteiger partial charge >= 0.3 is 5.97 Å². The fourth-order valence-electron chi connectivity index (χ4n) is 2.52. The molecule has 0 bridgehead atoms. The van der Waals surface area contributed by atoms with Gasteiger partial charge in [0.05, 0.1) is 5.56 Å². The van der Waals surface area contributed by atoms with Crippen molar-refractivity contribution in [3.05, 3.63) is 64.4 Å². The zero-order chi connectivity index (χ0) is 19.6. The molecule has 1 aliphatic heterocycles. The Morgan fingerprint density at radius 3 is 2.67 bits per heavy atom. The van der Waals surface area contributed by atoms with E-state index in [1.807, 2.05) is 6.07 Å². The van der Waals surface area contributed by atoms with Crippen LogP contribution in [0.1, 0.15) is 36.7 Å². The van der Waals surface area contributed by atoms with E-state index in [1.54, 1.807) is 63.2 Å². The number of rotatable bonds is 4. The summed E-state index contributed by atoms with van der Waals surface area (Å²) in [6.07, 6.45) is 1.63. The second-order valence-electron chi connectivity index (χ2n) is 7.03. The Hall–Kier alpha value is -2.79. The molecule has 0 fully saturated rings. The van der Waals surface area contributed by atoms with Gasteiger partial charge in [0.2, 0.25) is 5.78 Å². The smallest absolute Gasteiger partial charge is 0.344 e. The van der Waals surface area contributed by atoms with Crippen molar-refractivity contribution in [2.75, 3.05) is 6.61 Å². The zero-order valence-electron chi connectivity index (χ0n) is 15.2. The largest absolute Gasteiger partial charge is 0.482 e. The number of hydrogen-bond donors (Lipinski definition) is 0. The average Bonchev–Trinajstić information content (AvgIpc) is 2.87. The van der Waals surface area contributed by atoms with Crippen LogP contribution >= 0.6 is 11.6 Å². The lowest BCUT2D eigenvalue weighted by molar-refractivity contribution is -0.157. The highest BCUT2D eigenvalue weighted by Crippen LogP contribution is 2.35. The summed E-state index contributed by atoms with van der Waals surface area (Å²) in [4.78, 5) is 24.2. The topological polar surface area (TPSA) is 61.8 Å². The van der Waals surface area contributed by atoms with Crippen LogP contribution in [0.25, 0.3) is 6.08 Å². The molecule has 2 aromatic rings. The van der Waals surface area contributed by atoms with Crippen molar-refractivity contribution in [2.45, 2.75) is 26.4 Å². The Bertz CT molecular complexity index is 924. The van der Waals surface area contributed by atoms with Gasteiger partial charge in [0.25, 0.3) is 0 Å². The van der Waals surface area contributed by atoms with Crippen LogP contribution in [0.15, 0.2) is 48.2 Å². The molecule has 2 aromatic carbocycles. The van der Waals surface area contributed by atoms with Crippen molar-refractivity contribution in [2.24, 2.45) is 0 Å². The van der Waals surface area contributed by atoms with Gasteiger partial charge in [-0.15, -0.1) is 0 Å². The Kier molecular flexibility index (Phi) is 5.24. The highest BCUT2D eigenvalue weighted by molar-refractivity contribution is 6.30. The van der Waals surface area contributed by atoms with Gasteiger partial charge in [0.1, 0.15) is 17.1 Å². The maximum atomic E-state index is 12.5. The molecular formula is C21H19ClO5. The number of allylic oxidation sites excluding steroid dienone is 1. The highest BCUT2D eigenvalue weighted by atomic mass is 35.5. The number of esters is 1. The summed E-state index contributed by atoms with van der Waals surface area (Å²) in [5, 5.41) is 0.574. The molecule has 5 nitrogen and oxygen atoms in total. The second kappa shape index (κ2) is 7.45. The van der Waals surface area contributed by atoms with Crippen LogP contribution in [-0.2, 0) is 9.53 Å². The third kappa shape index (κ3) is 4.89. The van der Waals surface area contributed by atoms with Gasteiger partial charge in [-0.1, -0.05) is 23.7 Å². The predicted octanol–water partition coefficient (Wildman–Crippen LogP) is 4.68. The van der Waals surface area contributed by atoms with E-state index in [9.17, 15) is 9.59 Å². The first-order valence-corrected chi connectivity index (χ1v) is 8.77. The monoisotopic (exact) mass is 386 g/mol. The zero-order valence-corrected chi connectivity index (χ0v) is 16.0. The summed E-state index contributed by atoms with van der Waals surface area (Å²) >= 11 is 5.97. The standard InChI is InChI=1S/C21H19ClO5/c1-21(2,3)27-19(23)12-25-15-7-8-16-17(11-15)26-18(20(16)24)10-13-5-4-6-14(22)9-13/h4-11H,12H2,1-3H3. The number of halogens is 1. The fraction of sp³-hybridized carbons (Fsp3) is 0.238. The SMILES string of the molecule is CC(C)(C)OC(=O)COc1ccc2c(c1)OC(=Cc1cccc(Cl)c1)C2=O. The molecule has 6 heteroatoms. The molecule has 0 spiro atoms. The minimum absolute atomic E-state index is 0.205. The van der Waals surface area contributed by atoms with E-state index in [1.165, 1.54) is 0 Å². The number of ketones is 1. The molecule has 0 atom stereocenters. The molecule has 0 saturated heterocycles. The molecule has 0 amide bonds. The Morgan fingerprint density at radius 2 is 1.96 bits per heavy atom. The van der Waals surface area contributed by atoms with Crippen LogP contribution < -0.4 is 9.47 Å². The van der Waals surface area contributed by atoms with Gasteiger partial charge in [0.15, 0.2) is 12.4 Å². The number of fused-ring (bicyclic) bond motifs is 1. The number of carbonyl (C=O) groups is 2. The Balaban J connectivity index is 1.71. The second-order valence-corrected chi connectivity index (χ2v) is 7.46. The molecule has 0 unspecified atom stereocenters. The summed E-state index contributed by atoms with van der Waals surface area (Å²) in [5.41, 5.74) is 0.626.